The molecular weight excluding hydrogens is 327 g/mol. The lowest BCUT2D eigenvalue weighted by atomic mass is 10.3. The van der Waals surface area contributed by atoms with Gasteiger partial charge in [0.1, 0.15) is 11.0 Å². The van der Waals surface area contributed by atoms with E-state index in [1.165, 1.54) is 10.4 Å². The summed E-state index contributed by atoms with van der Waals surface area (Å²) < 4.78 is 33.7. The van der Waals surface area contributed by atoms with E-state index in [1.54, 1.807) is 0 Å². The Bertz CT molecular complexity index is 568. The van der Waals surface area contributed by atoms with Gasteiger partial charge in [0.15, 0.2) is 0 Å². The molecule has 20 heavy (non-hydrogen) atoms. The van der Waals surface area contributed by atoms with Crippen LogP contribution in [0.4, 0.5) is 5.82 Å². The molecule has 1 saturated heterocycles. The number of morpholine rings is 1. The van der Waals surface area contributed by atoms with E-state index in [0.29, 0.717) is 0 Å². The zero-order valence-electron chi connectivity index (χ0n) is 10.9. The van der Waals surface area contributed by atoms with Crippen LogP contribution in [0.5, 0.6) is 0 Å². The van der Waals surface area contributed by atoms with Crippen LogP contribution in [0.15, 0.2) is 6.07 Å². The molecular formula is C10H14Cl2N4O3S. The zero-order chi connectivity index (χ0) is 14.9. The van der Waals surface area contributed by atoms with E-state index in [0.717, 1.165) is 0 Å². The number of aromatic nitrogens is 2. The van der Waals surface area contributed by atoms with Crippen molar-refractivity contribution in [2.24, 2.45) is 0 Å². The minimum absolute atomic E-state index is 0.0294. The van der Waals surface area contributed by atoms with Crippen molar-refractivity contribution < 1.29 is 13.2 Å². The standard InChI is InChI=1S/C10H14Cl2N4O3S/c1-6-4-16(5-7(2)19-6)20(17,18)15-9-3-8(11)13-10(12)14-9/h3,6-7H,4-5H2,1-2H3,(H,13,14,15). The van der Waals surface area contributed by atoms with Gasteiger partial charge in [0, 0.05) is 19.2 Å². The molecule has 0 radical (unpaired) electrons. The third-order valence-electron chi connectivity index (χ3n) is 2.63. The summed E-state index contributed by atoms with van der Waals surface area (Å²) >= 11 is 11.3. The van der Waals surface area contributed by atoms with E-state index in [2.05, 4.69) is 14.7 Å². The summed E-state index contributed by atoms with van der Waals surface area (Å²) in [5.41, 5.74) is 0. The van der Waals surface area contributed by atoms with Crippen molar-refractivity contribution in [3.05, 3.63) is 16.5 Å². The number of ether oxygens (including phenoxy) is 1. The van der Waals surface area contributed by atoms with E-state index in [4.69, 9.17) is 27.9 Å². The van der Waals surface area contributed by atoms with Gasteiger partial charge in [-0.1, -0.05) is 11.6 Å². The van der Waals surface area contributed by atoms with Gasteiger partial charge in [0.05, 0.1) is 12.2 Å². The lowest BCUT2D eigenvalue weighted by Crippen LogP contribution is -2.50. The molecule has 1 aromatic rings. The fraction of sp³-hybridized carbons (Fsp3) is 0.600. The van der Waals surface area contributed by atoms with Crippen LogP contribution < -0.4 is 4.72 Å². The Balaban J connectivity index is 2.18. The van der Waals surface area contributed by atoms with Crippen molar-refractivity contribution in [1.82, 2.24) is 14.3 Å². The summed E-state index contributed by atoms with van der Waals surface area (Å²) in [4.78, 5) is 7.43. The monoisotopic (exact) mass is 340 g/mol. The van der Waals surface area contributed by atoms with Crippen LogP contribution in [0.1, 0.15) is 13.8 Å². The van der Waals surface area contributed by atoms with Crippen LogP contribution in [0.2, 0.25) is 10.4 Å². The summed E-state index contributed by atoms with van der Waals surface area (Å²) in [6.45, 7) is 4.17. The van der Waals surface area contributed by atoms with Gasteiger partial charge in [-0.05, 0) is 25.4 Å². The Kier molecular flexibility index (Phi) is 4.70. The first kappa shape index (κ1) is 15.7. The number of hydrogen-bond acceptors (Lipinski definition) is 5. The molecule has 1 fully saturated rings. The number of nitrogens with one attached hydrogen (secondary N) is 1. The lowest BCUT2D eigenvalue weighted by Gasteiger charge is -2.34. The normalized spacial score (nSPS) is 24.6. The van der Waals surface area contributed by atoms with Crippen molar-refractivity contribution in [3.8, 4) is 0 Å². The lowest BCUT2D eigenvalue weighted by molar-refractivity contribution is -0.0439. The van der Waals surface area contributed by atoms with Crippen molar-refractivity contribution >= 4 is 39.2 Å². The second-order valence-electron chi connectivity index (χ2n) is 4.53. The molecule has 1 N–H and O–H groups in total. The average Bonchev–Trinajstić information content (AvgIpc) is 2.25. The highest BCUT2D eigenvalue weighted by Crippen LogP contribution is 2.19. The molecule has 0 aromatic carbocycles. The molecule has 0 spiro atoms. The molecule has 2 heterocycles. The molecule has 1 aliphatic heterocycles. The largest absolute Gasteiger partial charge is 0.373 e. The molecule has 1 aromatic heterocycles. The first-order valence-electron chi connectivity index (χ1n) is 5.89. The highest BCUT2D eigenvalue weighted by atomic mass is 35.5. The van der Waals surface area contributed by atoms with E-state index < -0.39 is 10.2 Å². The van der Waals surface area contributed by atoms with E-state index in [9.17, 15) is 8.42 Å². The minimum Gasteiger partial charge on any atom is -0.373 e. The quantitative estimate of drug-likeness (QED) is 0.666. The molecule has 0 amide bonds. The number of halogens is 2. The SMILES string of the molecule is CC1CN(S(=O)(=O)Nc2cc(Cl)nc(Cl)n2)CC(C)O1. The smallest absolute Gasteiger partial charge is 0.302 e. The van der Waals surface area contributed by atoms with E-state index >= 15 is 0 Å². The molecule has 0 aliphatic carbocycles. The second-order valence-corrected chi connectivity index (χ2v) is 6.92. The second kappa shape index (κ2) is 5.98. The molecule has 0 saturated carbocycles. The molecule has 112 valence electrons. The summed E-state index contributed by atoms with van der Waals surface area (Å²) in [7, 11) is -3.74. The van der Waals surface area contributed by atoms with Crippen LogP contribution in [0.3, 0.4) is 0 Å². The molecule has 1 aliphatic rings. The number of hydrogen-bond donors (Lipinski definition) is 1. The summed E-state index contributed by atoms with van der Waals surface area (Å²) in [6, 6.07) is 1.29. The minimum atomic E-state index is -3.74. The van der Waals surface area contributed by atoms with Crippen molar-refractivity contribution in [2.75, 3.05) is 17.8 Å². The first-order valence-corrected chi connectivity index (χ1v) is 8.09. The van der Waals surface area contributed by atoms with Crippen molar-refractivity contribution in [2.45, 2.75) is 26.1 Å². The third kappa shape index (κ3) is 3.92. The summed E-state index contributed by atoms with van der Waals surface area (Å²) in [5, 5.41) is -0.0645. The molecule has 2 unspecified atom stereocenters. The summed E-state index contributed by atoms with van der Waals surface area (Å²) in [6.07, 6.45) is -0.346. The number of rotatable bonds is 3. The maximum absolute atomic E-state index is 12.3. The Hall–Kier alpha value is -0.670. The Morgan fingerprint density at radius 2 is 1.90 bits per heavy atom. The van der Waals surface area contributed by atoms with Gasteiger partial charge in [-0.15, -0.1) is 0 Å². The predicted molar refractivity (Wildman–Crippen MR) is 76.2 cm³/mol. The van der Waals surface area contributed by atoms with E-state index in [-0.39, 0.29) is 41.6 Å². The van der Waals surface area contributed by atoms with Crippen molar-refractivity contribution in [3.63, 3.8) is 0 Å². The van der Waals surface area contributed by atoms with Gasteiger partial charge in [0.2, 0.25) is 5.28 Å². The molecule has 0 bridgehead atoms. The maximum Gasteiger partial charge on any atom is 0.302 e. The molecule has 2 atom stereocenters. The number of nitrogens with zero attached hydrogens (tertiary/aromatic N) is 3. The molecule has 2 rings (SSSR count). The predicted octanol–water partition coefficient (Wildman–Crippen LogP) is 1.55. The average molecular weight is 341 g/mol. The molecule has 7 nitrogen and oxygen atoms in total. The van der Waals surface area contributed by atoms with Crippen molar-refractivity contribution in [1.29, 1.82) is 0 Å². The highest BCUT2D eigenvalue weighted by Gasteiger charge is 2.31. The fourth-order valence-corrected chi connectivity index (χ4v) is 3.68. The Labute approximate surface area is 127 Å². The first-order chi connectivity index (χ1) is 9.26. The van der Waals surface area contributed by atoms with Gasteiger partial charge >= 0.3 is 10.2 Å². The Morgan fingerprint density at radius 3 is 2.45 bits per heavy atom. The topological polar surface area (TPSA) is 84.4 Å². The van der Waals surface area contributed by atoms with Crippen LogP contribution >= 0.6 is 23.2 Å². The van der Waals surface area contributed by atoms with Crippen LogP contribution in [-0.2, 0) is 14.9 Å². The molecule has 10 heteroatoms. The highest BCUT2D eigenvalue weighted by molar-refractivity contribution is 7.90. The third-order valence-corrected chi connectivity index (χ3v) is 4.43. The van der Waals surface area contributed by atoms with Crippen LogP contribution in [0, 0.1) is 0 Å². The van der Waals surface area contributed by atoms with Crippen LogP contribution in [-0.4, -0.2) is 48.0 Å². The van der Waals surface area contributed by atoms with Gasteiger partial charge in [-0.2, -0.15) is 17.7 Å². The van der Waals surface area contributed by atoms with E-state index in [1.807, 2.05) is 13.8 Å². The maximum atomic E-state index is 12.3. The van der Waals surface area contributed by atoms with Gasteiger partial charge < -0.3 is 4.74 Å². The zero-order valence-corrected chi connectivity index (χ0v) is 13.2. The summed E-state index contributed by atoms with van der Waals surface area (Å²) in [5.74, 6) is 0.0294. The number of anilines is 1. The van der Waals surface area contributed by atoms with Gasteiger partial charge in [-0.25, -0.2) is 4.98 Å². The Morgan fingerprint density at radius 1 is 1.30 bits per heavy atom. The van der Waals surface area contributed by atoms with Gasteiger partial charge in [-0.3, -0.25) is 4.72 Å². The van der Waals surface area contributed by atoms with Gasteiger partial charge in [0.25, 0.3) is 0 Å². The van der Waals surface area contributed by atoms with Crippen LogP contribution in [0.25, 0.3) is 0 Å². The fourth-order valence-electron chi connectivity index (χ4n) is 1.97.